The van der Waals surface area contributed by atoms with Gasteiger partial charge in [0.2, 0.25) is 5.91 Å². The van der Waals surface area contributed by atoms with Gasteiger partial charge in [-0.3, -0.25) is 4.79 Å². The van der Waals surface area contributed by atoms with E-state index in [0.717, 1.165) is 22.4 Å². The summed E-state index contributed by atoms with van der Waals surface area (Å²) >= 11 is 0. The highest BCUT2D eigenvalue weighted by Gasteiger charge is 2.13. The molecule has 0 fully saturated rings. The number of nitrogens with one attached hydrogen (secondary N) is 1. The number of hydrogen-bond donors (Lipinski definition) is 2. The Bertz CT molecular complexity index is 589. The Morgan fingerprint density at radius 1 is 1.56 bits per heavy atom. The molecule has 0 saturated carbocycles. The van der Waals surface area contributed by atoms with Gasteiger partial charge in [0.1, 0.15) is 5.82 Å². The highest BCUT2D eigenvalue weighted by atomic mass is 16.3. The lowest BCUT2D eigenvalue weighted by molar-refractivity contribution is -0.120. The summed E-state index contributed by atoms with van der Waals surface area (Å²) in [4.78, 5) is 15.5. The average molecular weight is 247 g/mol. The Hall–Kier alpha value is -1.88. The van der Waals surface area contributed by atoms with Crippen molar-refractivity contribution in [2.75, 3.05) is 6.61 Å². The lowest BCUT2D eigenvalue weighted by Gasteiger charge is -2.15. The Morgan fingerprint density at radius 2 is 2.28 bits per heavy atom. The predicted molar refractivity (Wildman–Crippen MR) is 69.1 cm³/mol. The summed E-state index contributed by atoms with van der Waals surface area (Å²) in [7, 11) is 1.96. The van der Waals surface area contributed by atoms with Crippen molar-refractivity contribution >= 4 is 16.9 Å². The number of imidazole rings is 1. The largest absolute Gasteiger partial charge is 0.394 e. The van der Waals surface area contributed by atoms with Crippen LogP contribution in [-0.4, -0.2) is 27.2 Å². The molecule has 18 heavy (non-hydrogen) atoms. The number of fused-ring (bicyclic) bond motifs is 1. The van der Waals surface area contributed by atoms with E-state index in [0.29, 0.717) is 0 Å². The van der Waals surface area contributed by atoms with Crippen LogP contribution in [-0.2, 0) is 11.8 Å². The number of nitrogens with zero attached hydrogens (tertiary/aromatic N) is 2. The van der Waals surface area contributed by atoms with Crippen LogP contribution in [0.4, 0.5) is 0 Å². The van der Waals surface area contributed by atoms with Crippen molar-refractivity contribution in [2.24, 2.45) is 7.05 Å². The molecule has 1 unspecified atom stereocenters. The molecule has 0 radical (unpaired) electrons. The van der Waals surface area contributed by atoms with Crippen LogP contribution in [0, 0.1) is 6.92 Å². The Kier molecular flexibility index (Phi) is 3.34. The third kappa shape index (κ3) is 2.22. The standard InChI is InChI=1S/C13H17N3O2/c1-8-14-11-6-10(4-5-13(11)16(8)3)12(7-17)15-9(2)18/h4-6,12,17H,7H2,1-3H3,(H,15,18). The second-order valence-electron chi connectivity index (χ2n) is 4.40. The van der Waals surface area contributed by atoms with Crippen molar-refractivity contribution < 1.29 is 9.90 Å². The summed E-state index contributed by atoms with van der Waals surface area (Å²) in [5, 5.41) is 12.0. The summed E-state index contributed by atoms with van der Waals surface area (Å²) in [6.45, 7) is 3.25. The summed E-state index contributed by atoms with van der Waals surface area (Å²) in [6.07, 6.45) is 0. The van der Waals surface area contributed by atoms with Crippen LogP contribution in [0.15, 0.2) is 18.2 Å². The van der Waals surface area contributed by atoms with Gasteiger partial charge in [-0.25, -0.2) is 4.98 Å². The van der Waals surface area contributed by atoms with E-state index in [1.807, 2.05) is 36.7 Å². The zero-order valence-corrected chi connectivity index (χ0v) is 10.8. The van der Waals surface area contributed by atoms with E-state index in [1.165, 1.54) is 6.92 Å². The molecule has 1 aromatic carbocycles. The van der Waals surface area contributed by atoms with Crippen molar-refractivity contribution in [3.05, 3.63) is 29.6 Å². The van der Waals surface area contributed by atoms with Crippen LogP contribution >= 0.6 is 0 Å². The van der Waals surface area contributed by atoms with Crippen molar-refractivity contribution in [3.63, 3.8) is 0 Å². The van der Waals surface area contributed by atoms with Gasteiger partial charge in [0.05, 0.1) is 23.7 Å². The third-order valence-corrected chi connectivity index (χ3v) is 3.09. The fraction of sp³-hybridized carbons (Fsp3) is 0.385. The summed E-state index contributed by atoms with van der Waals surface area (Å²) in [5.74, 6) is 0.772. The average Bonchev–Trinajstić information content (AvgIpc) is 2.61. The molecular weight excluding hydrogens is 230 g/mol. The minimum atomic E-state index is -0.380. The maximum absolute atomic E-state index is 11.1. The molecule has 96 valence electrons. The van der Waals surface area contributed by atoms with E-state index < -0.39 is 0 Å². The first kappa shape index (κ1) is 12.6. The summed E-state index contributed by atoms with van der Waals surface area (Å²) in [5.41, 5.74) is 2.77. The number of aliphatic hydroxyl groups excluding tert-OH is 1. The number of aliphatic hydroxyl groups is 1. The van der Waals surface area contributed by atoms with Gasteiger partial charge in [-0.05, 0) is 24.6 Å². The van der Waals surface area contributed by atoms with Crippen LogP contribution in [0.5, 0.6) is 0 Å². The van der Waals surface area contributed by atoms with Gasteiger partial charge in [-0.1, -0.05) is 6.07 Å². The van der Waals surface area contributed by atoms with Crippen LogP contribution in [0.1, 0.15) is 24.4 Å². The maximum atomic E-state index is 11.1. The monoisotopic (exact) mass is 247 g/mol. The maximum Gasteiger partial charge on any atom is 0.217 e. The lowest BCUT2D eigenvalue weighted by atomic mass is 10.1. The second kappa shape index (κ2) is 4.78. The molecule has 0 bridgehead atoms. The minimum absolute atomic E-state index is 0.128. The zero-order valence-electron chi connectivity index (χ0n) is 10.8. The van der Waals surface area contributed by atoms with Gasteiger partial charge < -0.3 is 15.0 Å². The number of hydrogen-bond acceptors (Lipinski definition) is 3. The van der Waals surface area contributed by atoms with E-state index in [9.17, 15) is 9.90 Å². The molecule has 2 rings (SSSR count). The topological polar surface area (TPSA) is 67.2 Å². The van der Waals surface area contributed by atoms with Crippen molar-refractivity contribution in [3.8, 4) is 0 Å². The van der Waals surface area contributed by atoms with E-state index >= 15 is 0 Å². The number of amides is 1. The molecular formula is C13H17N3O2. The number of aryl methyl sites for hydroxylation is 2. The second-order valence-corrected chi connectivity index (χ2v) is 4.40. The van der Waals surface area contributed by atoms with Gasteiger partial charge in [0.15, 0.2) is 0 Å². The first-order chi connectivity index (χ1) is 8.52. The van der Waals surface area contributed by atoms with Gasteiger partial charge in [0.25, 0.3) is 0 Å². The molecule has 0 aliphatic heterocycles. The van der Waals surface area contributed by atoms with Crippen molar-refractivity contribution in [1.82, 2.24) is 14.9 Å². The van der Waals surface area contributed by atoms with Gasteiger partial charge in [-0.2, -0.15) is 0 Å². The quantitative estimate of drug-likeness (QED) is 0.852. The fourth-order valence-corrected chi connectivity index (χ4v) is 2.03. The van der Waals surface area contributed by atoms with Crippen LogP contribution < -0.4 is 5.32 Å². The molecule has 5 heteroatoms. The van der Waals surface area contributed by atoms with Crippen LogP contribution in [0.3, 0.4) is 0 Å². The molecule has 0 spiro atoms. The summed E-state index contributed by atoms with van der Waals surface area (Å²) < 4.78 is 2.01. The molecule has 1 amide bonds. The minimum Gasteiger partial charge on any atom is -0.394 e. The van der Waals surface area contributed by atoms with Crippen LogP contribution in [0.2, 0.25) is 0 Å². The molecule has 2 N–H and O–H groups in total. The Labute approximate surface area is 105 Å². The first-order valence-electron chi connectivity index (χ1n) is 5.84. The Balaban J connectivity index is 2.42. The lowest BCUT2D eigenvalue weighted by Crippen LogP contribution is -2.28. The molecule has 0 aliphatic carbocycles. The van der Waals surface area contributed by atoms with Crippen molar-refractivity contribution in [2.45, 2.75) is 19.9 Å². The zero-order chi connectivity index (χ0) is 13.3. The molecule has 5 nitrogen and oxygen atoms in total. The first-order valence-corrected chi connectivity index (χ1v) is 5.84. The number of benzene rings is 1. The summed E-state index contributed by atoms with van der Waals surface area (Å²) in [6, 6.07) is 5.38. The highest BCUT2D eigenvalue weighted by Crippen LogP contribution is 2.20. The third-order valence-electron chi connectivity index (χ3n) is 3.09. The number of carbonyl (C=O) groups excluding carboxylic acids is 1. The molecule has 1 aromatic heterocycles. The molecule has 1 heterocycles. The van der Waals surface area contributed by atoms with Gasteiger partial charge in [0, 0.05) is 14.0 Å². The van der Waals surface area contributed by atoms with Gasteiger partial charge >= 0.3 is 0 Å². The van der Waals surface area contributed by atoms with Gasteiger partial charge in [-0.15, -0.1) is 0 Å². The fourth-order valence-electron chi connectivity index (χ4n) is 2.03. The number of aromatic nitrogens is 2. The van der Waals surface area contributed by atoms with E-state index in [-0.39, 0.29) is 18.6 Å². The van der Waals surface area contributed by atoms with E-state index in [4.69, 9.17) is 0 Å². The number of rotatable bonds is 3. The smallest absolute Gasteiger partial charge is 0.217 e. The highest BCUT2D eigenvalue weighted by molar-refractivity contribution is 5.78. The van der Waals surface area contributed by atoms with E-state index in [2.05, 4.69) is 10.3 Å². The SMILES string of the molecule is CC(=O)NC(CO)c1ccc2c(c1)nc(C)n2C. The Morgan fingerprint density at radius 3 is 2.89 bits per heavy atom. The molecule has 1 atom stereocenters. The molecule has 0 aliphatic rings. The van der Waals surface area contributed by atoms with E-state index in [1.54, 1.807) is 0 Å². The van der Waals surface area contributed by atoms with Crippen LogP contribution in [0.25, 0.3) is 11.0 Å². The normalized spacial score (nSPS) is 12.7. The predicted octanol–water partition coefficient (Wildman–Crippen LogP) is 1.05. The van der Waals surface area contributed by atoms with Crippen molar-refractivity contribution in [1.29, 1.82) is 0 Å². The molecule has 2 aromatic rings. The molecule has 0 saturated heterocycles. The number of carbonyl (C=O) groups is 1.